The first kappa shape index (κ1) is 18.9. The van der Waals surface area contributed by atoms with Gasteiger partial charge in [-0.15, -0.1) is 13.2 Å². The molecule has 1 saturated carbocycles. The smallest absolute Gasteiger partial charge is 0.388 e. The van der Waals surface area contributed by atoms with Gasteiger partial charge in [-0.25, -0.2) is 15.0 Å². The van der Waals surface area contributed by atoms with E-state index in [1.54, 1.807) is 0 Å². The average Bonchev–Trinajstić information content (AvgIpc) is 3.14. The van der Waals surface area contributed by atoms with Crippen LogP contribution in [0.15, 0.2) is 30.7 Å². The number of amides is 1. The molecule has 3 rings (SSSR count). The van der Waals surface area contributed by atoms with Gasteiger partial charge in [-0.3, -0.25) is 4.79 Å². The number of nitrogens with zero attached hydrogens (tertiary/aromatic N) is 3. The van der Waals surface area contributed by atoms with Gasteiger partial charge in [0.05, 0.1) is 11.9 Å². The molecule has 2 N–H and O–H groups in total. The van der Waals surface area contributed by atoms with Gasteiger partial charge in [0.2, 0.25) is 5.88 Å². The van der Waals surface area contributed by atoms with Crippen LogP contribution in [0.5, 0.6) is 5.88 Å². The Morgan fingerprint density at radius 3 is 2.56 bits per heavy atom. The Morgan fingerprint density at radius 1 is 1.15 bits per heavy atom. The first-order chi connectivity index (χ1) is 12.9. The van der Waals surface area contributed by atoms with Crippen LogP contribution in [-0.4, -0.2) is 33.8 Å². The summed E-state index contributed by atoms with van der Waals surface area (Å²) < 4.78 is 40.1. The number of rotatable bonds is 6. The standard InChI is InChI=1S/C17H18F3N5O2/c18-17(19,20)27-13-6-5-12(10-23-13)25-16(26)14-15(22-8-7-21-14)24-9-11-3-1-2-4-11/h5-8,10-11H,1-4,9H2,(H,22,24)(H,25,26). The first-order valence-electron chi connectivity index (χ1n) is 8.49. The highest BCUT2D eigenvalue weighted by Crippen LogP contribution is 2.25. The lowest BCUT2D eigenvalue weighted by molar-refractivity contribution is -0.276. The van der Waals surface area contributed by atoms with Gasteiger partial charge < -0.3 is 15.4 Å². The SMILES string of the molecule is O=C(Nc1ccc(OC(F)(F)F)nc1)c1nccnc1NCC1CCCC1. The molecule has 2 aromatic heterocycles. The molecule has 7 nitrogen and oxygen atoms in total. The number of halogens is 3. The van der Waals surface area contributed by atoms with Crippen molar-refractivity contribution in [2.45, 2.75) is 32.0 Å². The molecule has 10 heteroatoms. The maximum atomic E-state index is 12.5. The van der Waals surface area contributed by atoms with Crippen LogP contribution in [0.1, 0.15) is 36.2 Å². The molecule has 0 bridgehead atoms. The fraction of sp³-hybridized carbons (Fsp3) is 0.412. The highest BCUT2D eigenvalue weighted by Gasteiger charge is 2.31. The highest BCUT2D eigenvalue weighted by molar-refractivity contribution is 6.05. The number of hydrogen-bond donors (Lipinski definition) is 2. The lowest BCUT2D eigenvalue weighted by Gasteiger charge is -2.13. The van der Waals surface area contributed by atoms with Crippen LogP contribution in [0.2, 0.25) is 0 Å². The molecule has 1 amide bonds. The third kappa shape index (κ3) is 5.53. The van der Waals surface area contributed by atoms with Crippen molar-refractivity contribution in [2.24, 2.45) is 5.92 Å². The Kier molecular flexibility index (Phi) is 5.72. The maximum Gasteiger partial charge on any atom is 0.574 e. The molecule has 0 atom stereocenters. The van der Waals surface area contributed by atoms with Gasteiger partial charge in [-0.1, -0.05) is 12.8 Å². The highest BCUT2D eigenvalue weighted by atomic mass is 19.4. The second kappa shape index (κ2) is 8.19. The number of nitrogens with one attached hydrogen (secondary N) is 2. The van der Waals surface area contributed by atoms with Crippen LogP contribution in [-0.2, 0) is 0 Å². The predicted octanol–water partition coefficient (Wildman–Crippen LogP) is 3.62. The van der Waals surface area contributed by atoms with Crippen molar-refractivity contribution in [3.63, 3.8) is 0 Å². The summed E-state index contributed by atoms with van der Waals surface area (Å²) in [7, 11) is 0. The third-order valence-corrected chi connectivity index (χ3v) is 4.16. The summed E-state index contributed by atoms with van der Waals surface area (Å²) >= 11 is 0. The molecule has 0 aliphatic heterocycles. The minimum atomic E-state index is -4.82. The van der Waals surface area contributed by atoms with E-state index in [4.69, 9.17) is 0 Å². The van der Waals surface area contributed by atoms with Crippen molar-refractivity contribution in [2.75, 3.05) is 17.2 Å². The van der Waals surface area contributed by atoms with Gasteiger partial charge in [0.1, 0.15) is 0 Å². The van der Waals surface area contributed by atoms with Gasteiger partial charge in [0, 0.05) is 25.0 Å². The van der Waals surface area contributed by atoms with Gasteiger partial charge >= 0.3 is 6.36 Å². The summed E-state index contributed by atoms with van der Waals surface area (Å²) in [5.41, 5.74) is 0.313. The number of carbonyl (C=O) groups excluding carboxylic acids is 1. The number of aromatic nitrogens is 3. The fourth-order valence-corrected chi connectivity index (χ4v) is 2.91. The quantitative estimate of drug-likeness (QED) is 0.794. The second-order valence-corrected chi connectivity index (χ2v) is 6.17. The number of carbonyl (C=O) groups is 1. The monoisotopic (exact) mass is 381 g/mol. The Labute approximate surface area is 153 Å². The Balaban J connectivity index is 1.63. The number of pyridine rings is 1. The van der Waals surface area contributed by atoms with Crippen LogP contribution in [0.25, 0.3) is 0 Å². The lowest BCUT2D eigenvalue weighted by atomic mass is 10.1. The van der Waals surface area contributed by atoms with E-state index in [0.29, 0.717) is 18.3 Å². The number of anilines is 2. The van der Waals surface area contributed by atoms with Crippen molar-refractivity contribution >= 4 is 17.4 Å². The Hall–Kier alpha value is -2.91. The lowest BCUT2D eigenvalue weighted by Crippen LogP contribution is -2.20. The molecule has 2 aromatic rings. The predicted molar refractivity (Wildman–Crippen MR) is 91.4 cm³/mol. The molecule has 27 heavy (non-hydrogen) atoms. The number of alkyl halides is 3. The summed E-state index contributed by atoms with van der Waals surface area (Å²) in [6.07, 6.45) is 3.84. The summed E-state index contributed by atoms with van der Waals surface area (Å²) in [4.78, 5) is 24.2. The molecule has 0 spiro atoms. The van der Waals surface area contributed by atoms with Crippen molar-refractivity contribution in [3.8, 4) is 5.88 Å². The fourth-order valence-electron chi connectivity index (χ4n) is 2.91. The van der Waals surface area contributed by atoms with E-state index in [0.717, 1.165) is 25.1 Å². The zero-order chi connectivity index (χ0) is 19.3. The zero-order valence-electron chi connectivity index (χ0n) is 14.3. The van der Waals surface area contributed by atoms with Crippen LogP contribution >= 0.6 is 0 Å². The molecular formula is C17H18F3N5O2. The van der Waals surface area contributed by atoms with E-state index in [1.165, 1.54) is 31.3 Å². The molecule has 1 fully saturated rings. The van der Waals surface area contributed by atoms with Crippen LogP contribution in [0.4, 0.5) is 24.7 Å². The van der Waals surface area contributed by atoms with Gasteiger partial charge in [-0.05, 0) is 24.8 Å². The molecule has 0 saturated heterocycles. The van der Waals surface area contributed by atoms with E-state index in [-0.39, 0.29) is 11.4 Å². The minimum absolute atomic E-state index is 0.103. The van der Waals surface area contributed by atoms with E-state index < -0.39 is 18.1 Å². The van der Waals surface area contributed by atoms with Crippen LogP contribution < -0.4 is 15.4 Å². The summed E-state index contributed by atoms with van der Waals surface area (Å²) in [6.45, 7) is 0.712. The average molecular weight is 381 g/mol. The van der Waals surface area contributed by atoms with E-state index in [1.807, 2.05) is 0 Å². The molecule has 0 unspecified atom stereocenters. The number of ether oxygens (including phenoxy) is 1. The molecule has 1 aliphatic rings. The zero-order valence-corrected chi connectivity index (χ0v) is 14.3. The van der Waals surface area contributed by atoms with Crippen LogP contribution in [0.3, 0.4) is 0 Å². The largest absolute Gasteiger partial charge is 0.574 e. The summed E-state index contributed by atoms with van der Waals surface area (Å²) in [6, 6.07) is 2.27. The van der Waals surface area contributed by atoms with E-state index in [2.05, 4.69) is 30.3 Å². The molecule has 144 valence electrons. The third-order valence-electron chi connectivity index (χ3n) is 4.16. The molecule has 0 aromatic carbocycles. The van der Waals surface area contributed by atoms with E-state index in [9.17, 15) is 18.0 Å². The van der Waals surface area contributed by atoms with Crippen molar-refractivity contribution in [1.82, 2.24) is 15.0 Å². The Morgan fingerprint density at radius 2 is 1.89 bits per heavy atom. The van der Waals surface area contributed by atoms with Gasteiger partial charge in [0.25, 0.3) is 5.91 Å². The van der Waals surface area contributed by atoms with Crippen molar-refractivity contribution < 1.29 is 22.7 Å². The molecular weight excluding hydrogens is 363 g/mol. The van der Waals surface area contributed by atoms with Crippen LogP contribution in [0, 0.1) is 5.92 Å². The topological polar surface area (TPSA) is 89.0 Å². The first-order valence-corrected chi connectivity index (χ1v) is 8.49. The summed E-state index contributed by atoms with van der Waals surface area (Å²) in [5.74, 6) is -0.234. The van der Waals surface area contributed by atoms with Gasteiger partial charge in [0.15, 0.2) is 11.5 Å². The van der Waals surface area contributed by atoms with Crippen molar-refractivity contribution in [3.05, 3.63) is 36.4 Å². The minimum Gasteiger partial charge on any atom is -0.388 e. The normalized spacial score (nSPS) is 14.8. The number of hydrogen-bond acceptors (Lipinski definition) is 6. The Bertz CT molecular complexity index is 777. The van der Waals surface area contributed by atoms with E-state index >= 15 is 0 Å². The molecule has 0 radical (unpaired) electrons. The second-order valence-electron chi connectivity index (χ2n) is 6.17. The summed E-state index contributed by atoms with van der Waals surface area (Å²) in [5, 5.41) is 5.70. The van der Waals surface area contributed by atoms with Gasteiger partial charge in [-0.2, -0.15) is 0 Å². The maximum absolute atomic E-state index is 12.5. The van der Waals surface area contributed by atoms with Crippen molar-refractivity contribution in [1.29, 1.82) is 0 Å². The molecule has 2 heterocycles. The molecule has 1 aliphatic carbocycles.